The van der Waals surface area contributed by atoms with E-state index in [-0.39, 0.29) is 14.9 Å². The molecule has 0 aliphatic rings. The zero-order chi connectivity index (χ0) is 18.0. The molecule has 0 bridgehead atoms. The molecule has 0 atom stereocenters. The van der Waals surface area contributed by atoms with E-state index >= 15 is 0 Å². The quantitative estimate of drug-likeness (QED) is 0.617. The van der Waals surface area contributed by atoms with Crippen molar-refractivity contribution in [3.63, 3.8) is 0 Å². The van der Waals surface area contributed by atoms with E-state index in [0.717, 1.165) is 18.3 Å². The van der Waals surface area contributed by atoms with Gasteiger partial charge in [0.25, 0.3) is 10.0 Å². The maximum Gasteiger partial charge on any atom is 0.416 e. The lowest BCUT2D eigenvalue weighted by molar-refractivity contribution is -0.137. The van der Waals surface area contributed by atoms with Gasteiger partial charge in [-0.15, -0.1) is 0 Å². The number of benzene rings is 2. The van der Waals surface area contributed by atoms with Crippen molar-refractivity contribution in [3.8, 4) is 0 Å². The summed E-state index contributed by atoms with van der Waals surface area (Å²) in [6.45, 7) is 0. The molecule has 2 rings (SSSR count). The van der Waals surface area contributed by atoms with Gasteiger partial charge < -0.3 is 0 Å². The molecule has 128 valence electrons. The van der Waals surface area contributed by atoms with Crippen molar-refractivity contribution < 1.29 is 21.6 Å². The highest BCUT2D eigenvalue weighted by atomic mass is 35.5. The normalized spacial score (nSPS) is 12.5. The van der Waals surface area contributed by atoms with Gasteiger partial charge in [-0.2, -0.15) is 26.7 Å². The molecule has 4 nitrogen and oxygen atoms in total. The second-order valence-electron chi connectivity index (χ2n) is 4.51. The van der Waals surface area contributed by atoms with Crippen LogP contribution in [0, 0.1) is 0 Å². The third-order valence-corrected chi connectivity index (χ3v) is 4.76. The minimum absolute atomic E-state index is 0.264. The molecule has 0 saturated heterocycles. The molecule has 0 spiro atoms. The number of hydrazone groups is 1. The predicted octanol–water partition coefficient (Wildman–Crippen LogP) is 4.32. The van der Waals surface area contributed by atoms with E-state index in [4.69, 9.17) is 23.2 Å². The Labute approximate surface area is 145 Å². The Hall–Kier alpha value is -1.77. The summed E-state index contributed by atoms with van der Waals surface area (Å²) >= 11 is 11.8. The molecule has 0 aliphatic heterocycles. The van der Waals surface area contributed by atoms with Crippen LogP contribution in [0.25, 0.3) is 0 Å². The monoisotopic (exact) mass is 396 g/mol. The van der Waals surface area contributed by atoms with E-state index in [1.165, 1.54) is 0 Å². The Morgan fingerprint density at radius 1 is 1.00 bits per heavy atom. The first kappa shape index (κ1) is 18.6. The van der Waals surface area contributed by atoms with Crippen LogP contribution in [0.5, 0.6) is 0 Å². The van der Waals surface area contributed by atoms with E-state index in [9.17, 15) is 21.6 Å². The largest absolute Gasteiger partial charge is 0.416 e. The van der Waals surface area contributed by atoms with Gasteiger partial charge in [0.15, 0.2) is 0 Å². The average molecular weight is 397 g/mol. The summed E-state index contributed by atoms with van der Waals surface area (Å²) in [5.41, 5.74) is -0.649. The van der Waals surface area contributed by atoms with Gasteiger partial charge >= 0.3 is 6.18 Å². The number of halogens is 5. The SMILES string of the molecule is O=S(=O)(NN=Cc1c(Cl)cccc1Cl)c1ccc(C(F)(F)F)cc1. The van der Waals surface area contributed by atoms with E-state index in [2.05, 4.69) is 5.10 Å². The third kappa shape index (κ3) is 4.40. The van der Waals surface area contributed by atoms with Crippen LogP contribution in [0.1, 0.15) is 11.1 Å². The minimum Gasteiger partial charge on any atom is -0.200 e. The topological polar surface area (TPSA) is 58.5 Å². The van der Waals surface area contributed by atoms with Crippen LogP contribution in [-0.2, 0) is 16.2 Å². The number of alkyl halides is 3. The Bertz CT molecular complexity index is 846. The molecule has 0 radical (unpaired) electrons. The molecule has 0 aliphatic carbocycles. The summed E-state index contributed by atoms with van der Waals surface area (Å²) in [6, 6.07) is 7.70. The van der Waals surface area contributed by atoms with Crippen molar-refractivity contribution in [1.82, 2.24) is 4.83 Å². The molecule has 0 aromatic heterocycles. The Kier molecular flexibility index (Phi) is 5.42. The van der Waals surface area contributed by atoms with Crippen LogP contribution >= 0.6 is 23.2 Å². The van der Waals surface area contributed by atoms with Crippen molar-refractivity contribution in [1.29, 1.82) is 0 Å². The summed E-state index contributed by atoms with van der Waals surface area (Å²) < 4.78 is 61.4. The fourth-order valence-electron chi connectivity index (χ4n) is 1.67. The lowest BCUT2D eigenvalue weighted by atomic mass is 10.2. The second kappa shape index (κ2) is 7.00. The first-order chi connectivity index (χ1) is 11.1. The Balaban J connectivity index is 2.18. The zero-order valence-electron chi connectivity index (χ0n) is 11.7. The lowest BCUT2D eigenvalue weighted by Gasteiger charge is -2.08. The van der Waals surface area contributed by atoms with Gasteiger partial charge in [-0.25, -0.2) is 4.83 Å². The van der Waals surface area contributed by atoms with E-state index in [1.54, 1.807) is 18.2 Å². The second-order valence-corrected chi connectivity index (χ2v) is 6.99. The summed E-state index contributed by atoms with van der Waals surface area (Å²) in [5, 5.41) is 4.06. The highest BCUT2D eigenvalue weighted by Crippen LogP contribution is 2.29. The Morgan fingerprint density at radius 2 is 1.54 bits per heavy atom. The zero-order valence-corrected chi connectivity index (χ0v) is 14.0. The molecule has 0 unspecified atom stereocenters. The van der Waals surface area contributed by atoms with Crippen LogP contribution in [0.4, 0.5) is 13.2 Å². The van der Waals surface area contributed by atoms with Crippen molar-refractivity contribution in [2.45, 2.75) is 11.1 Å². The van der Waals surface area contributed by atoms with Crippen LogP contribution < -0.4 is 4.83 Å². The van der Waals surface area contributed by atoms with Crippen molar-refractivity contribution in [2.75, 3.05) is 0 Å². The molecule has 1 N–H and O–H groups in total. The minimum atomic E-state index is -4.55. The summed E-state index contributed by atoms with van der Waals surface area (Å²) in [4.78, 5) is 1.52. The van der Waals surface area contributed by atoms with E-state index in [0.29, 0.717) is 17.7 Å². The molecule has 24 heavy (non-hydrogen) atoms. The van der Waals surface area contributed by atoms with E-state index < -0.39 is 21.8 Å². The van der Waals surface area contributed by atoms with Gasteiger partial charge in [0.05, 0.1) is 26.7 Å². The maximum absolute atomic E-state index is 12.5. The predicted molar refractivity (Wildman–Crippen MR) is 85.8 cm³/mol. The molecular formula is C14H9Cl2F3N2O2S. The molecule has 2 aromatic rings. The van der Waals surface area contributed by atoms with Crippen molar-refractivity contribution >= 4 is 39.4 Å². The molecule has 0 heterocycles. The van der Waals surface area contributed by atoms with Crippen LogP contribution in [0.15, 0.2) is 52.5 Å². The van der Waals surface area contributed by atoms with Gasteiger partial charge in [0.1, 0.15) is 0 Å². The highest BCUT2D eigenvalue weighted by Gasteiger charge is 2.30. The fourth-order valence-corrected chi connectivity index (χ4v) is 2.96. The number of hydrogen-bond acceptors (Lipinski definition) is 3. The van der Waals surface area contributed by atoms with Gasteiger partial charge in [0, 0.05) is 5.56 Å². The first-order valence-corrected chi connectivity index (χ1v) is 8.51. The van der Waals surface area contributed by atoms with Gasteiger partial charge in [-0.3, -0.25) is 0 Å². The first-order valence-electron chi connectivity index (χ1n) is 6.27. The summed E-state index contributed by atoms with van der Waals surface area (Å²) in [6.07, 6.45) is -3.44. The number of nitrogens with one attached hydrogen (secondary N) is 1. The molecule has 10 heteroatoms. The summed E-state index contributed by atoms with van der Waals surface area (Å²) in [7, 11) is -4.12. The van der Waals surface area contributed by atoms with Crippen LogP contribution in [0.3, 0.4) is 0 Å². The fraction of sp³-hybridized carbons (Fsp3) is 0.0714. The molecule has 0 saturated carbocycles. The number of nitrogens with zero attached hydrogens (tertiary/aromatic N) is 1. The van der Waals surface area contributed by atoms with E-state index in [1.807, 2.05) is 4.83 Å². The van der Waals surface area contributed by atoms with Crippen LogP contribution in [-0.4, -0.2) is 14.6 Å². The van der Waals surface area contributed by atoms with Crippen molar-refractivity contribution in [2.24, 2.45) is 5.10 Å². The standard InChI is InChI=1S/C14H9Cl2F3N2O2S/c15-12-2-1-3-13(16)11(12)8-20-21-24(22,23)10-6-4-9(5-7-10)14(17,18)19/h1-8,21H. The maximum atomic E-state index is 12.5. The number of sulfonamides is 1. The highest BCUT2D eigenvalue weighted by molar-refractivity contribution is 7.89. The van der Waals surface area contributed by atoms with Gasteiger partial charge in [-0.05, 0) is 36.4 Å². The van der Waals surface area contributed by atoms with Gasteiger partial charge in [-0.1, -0.05) is 29.3 Å². The van der Waals surface area contributed by atoms with Gasteiger partial charge in [0.2, 0.25) is 0 Å². The smallest absolute Gasteiger partial charge is 0.200 e. The number of hydrogen-bond donors (Lipinski definition) is 1. The Morgan fingerprint density at radius 3 is 2.04 bits per heavy atom. The molecule has 0 fully saturated rings. The molecular weight excluding hydrogens is 388 g/mol. The number of rotatable bonds is 4. The third-order valence-electron chi connectivity index (χ3n) is 2.86. The lowest BCUT2D eigenvalue weighted by Crippen LogP contribution is -2.18. The average Bonchev–Trinajstić information content (AvgIpc) is 2.49. The molecule has 2 aromatic carbocycles. The summed E-state index contributed by atoms with van der Waals surface area (Å²) in [5.74, 6) is 0. The molecule has 0 amide bonds. The van der Waals surface area contributed by atoms with Crippen LogP contribution in [0.2, 0.25) is 10.0 Å². The van der Waals surface area contributed by atoms with Crippen molar-refractivity contribution in [3.05, 3.63) is 63.6 Å².